The summed E-state index contributed by atoms with van der Waals surface area (Å²) in [7, 11) is 0. The lowest BCUT2D eigenvalue weighted by Crippen LogP contribution is -2.18. The van der Waals surface area contributed by atoms with Crippen molar-refractivity contribution in [2.45, 2.75) is 6.18 Å². The topological polar surface area (TPSA) is 83.0 Å². The van der Waals surface area contributed by atoms with Crippen molar-refractivity contribution in [3.05, 3.63) is 63.3 Å². The number of aromatic nitrogens is 2. The van der Waals surface area contributed by atoms with Gasteiger partial charge in [-0.1, -0.05) is 18.2 Å². The summed E-state index contributed by atoms with van der Waals surface area (Å²) in [5.74, 6) is -1.30. The molecule has 0 aliphatic rings. The number of hydrogen-bond acceptors (Lipinski definition) is 3. The molecule has 0 bridgehead atoms. The van der Waals surface area contributed by atoms with Gasteiger partial charge in [0.1, 0.15) is 11.4 Å². The predicted octanol–water partition coefficient (Wildman–Crippen LogP) is 2.66. The molecular weight excluding hydrogens is 301 g/mol. The molecule has 0 unspecified atom stereocenters. The molecule has 0 aliphatic carbocycles. The first-order chi connectivity index (χ1) is 10.3. The van der Waals surface area contributed by atoms with Crippen molar-refractivity contribution in [1.29, 1.82) is 0 Å². The average Bonchev–Trinajstić information content (AvgIpc) is 2.44. The van der Waals surface area contributed by atoms with Gasteiger partial charge < -0.3 is 10.1 Å². The van der Waals surface area contributed by atoms with E-state index in [1.54, 1.807) is 0 Å². The Labute approximate surface area is 121 Å². The number of rotatable bonds is 3. The molecule has 22 heavy (non-hydrogen) atoms. The van der Waals surface area contributed by atoms with Crippen LogP contribution in [0.15, 0.2) is 35.3 Å². The van der Waals surface area contributed by atoms with E-state index in [-0.39, 0.29) is 5.82 Å². The molecule has 1 aromatic carbocycles. The Morgan fingerprint density at radius 2 is 1.82 bits per heavy atom. The molecule has 1 heterocycles. The van der Waals surface area contributed by atoms with Crippen molar-refractivity contribution in [3.8, 4) is 0 Å². The van der Waals surface area contributed by atoms with Gasteiger partial charge in [-0.3, -0.25) is 4.79 Å². The second kappa shape index (κ2) is 5.84. The second-order valence-corrected chi connectivity index (χ2v) is 4.27. The number of nitrogens with zero attached hydrogens (tertiary/aromatic N) is 1. The van der Waals surface area contributed by atoms with E-state index < -0.39 is 28.8 Å². The van der Waals surface area contributed by atoms with Crippen LogP contribution in [-0.2, 0) is 6.18 Å². The third kappa shape index (κ3) is 3.60. The number of aromatic amines is 1. The van der Waals surface area contributed by atoms with Gasteiger partial charge in [-0.2, -0.15) is 13.2 Å². The maximum Gasteiger partial charge on any atom is 0.416 e. The molecule has 2 rings (SSSR count). The highest BCUT2D eigenvalue weighted by Gasteiger charge is 2.29. The molecule has 1 aromatic heterocycles. The van der Waals surface area contributed by atoms with E-state index >= 15 is 0 Å². The summed E-state index contributed by atoms with van der Waals surface area (Å²) in [5, 5.41) is 8.69. The molecule has 0 aliphatic heterocycles. The molecule has 0 saturated carbocycles. The highest BCUT2D eigenvalue weighted by atomic mass is 19.4. The van der Waals surface area contributed by atoms with Crippen LogP contribution in [0.4, 0.5) is 13.2 Å². The number of hydrogen-bond donors (Lipinski definition) is 2. The van der Waals surface area contributed by atoms with Crippen LogP contribution in [-0.4, -0.2) is 21.0 Å². The maximum atomic E-state index is 12.4. The summed E-state index contributed by atoms with van der Waals surface area (Å²) >= 11 is 0. The first-order valence-electron chi connectivity index (χ1n) is 5.95. The third-order valence-corrected chi connectivity index (χ3v) is 2.72. The monoisotopic (exact) mass is 310 g/mol. The number of alkyl halides is 3. The first kappa shape index (κ1) is 15.5. The molecule has 5 nitrogen and oxygen atoms in total. The fourth-order valence-electron chi connectivity index (χ4n) is 1.60. The quantitative estimate of drug-likeness (QED) is 0.913. The van der Waals surface area contributed by atoms with Gasteiger partial charge in [0.15, 0.2) is 0 Å². The van der Waals surface area contributed by atoms with Gasteiger partial charge in [0.2, 0.25) is 0 Å². The van der Waals surface area contributed by atoms with Gasteiger partial charge in [-0.25, -0.2) is 9.78 Å². The number of carbonyl (C=O) groups is 1. The van der Waals surface area contributed by atoms with Gasteiger partial charge in [0.25, 0.3) is 5.56 Å². The van der Waals surface area contributed by atoms with E-state index in [0.29, 0.717) is 5.56 Å². The van der Waals surface area contributed by atoms with E-state index in [1.807, 2.05) is 0 Å². The SMILES string of the molecule is O=C(O)c1cnc(/C=C/c2ccc(C(F)(F)F)cc2)[nH]c1=O. The molecule has 0 fully saturated rings. The number of halogens is 3. The van der Waals surface area contributed by atoms with Gasteiger partial charge in [-0.15, -0.1) is 0 Å². The summed E-state index contributed by atoms with van der Waals surface area (Å²) in [6.45, 7) is 0. The molecule has 0 radical (unpaired) electrons. The zero-order valence-corrected chi connectivity index (χ0v) is 10.9. The van der Waals surface area contributed by atoms with Crippen molar-refractivity contribution in [1.82, 2.24) is 9.97 Å². The van der Waals surface area contributed by atoms with Crippen molar-refractivity contribution < 1.29 is 23.1 Å². The standard InChI is InChI=1S/C14H9F3N2O3/c15-14(16,17)9-4-1-8(2-5-9)3-6-11-18-7-10(13(21)22)12(20)19-11/h1-7H,(H,21,22)(H,18,19,20)/b6-3+. The van der Waals surface area contributed by atoms with Crippen LogP contribution in [0, 0.1) is 0 Å². The zero-order chi connectivity index (χ0) is 16.3. The lowest BCUT2D eigenvalue weighted by Gasteiger charge is -2.05. The summed E-state index contributed by atoms with van der Waals surface area (Å²) in [6, 6.07) is 4.40. The lowest BCUT2D eigenvalue weighted by atomic mass is 10.1. The van der Waals surface area contributed by atoms with Gasteiger partial charge in [0, 0.05) is 6.20 Å². The summed E-state index contributed by atoms with van der Waals surface area (Å²) in [6.07, 6.45) is -0.691. The Kier molecular flexibility index (Phi) is 4.11. The molecular formula is C14H9F3N2O3. The molecule has 0 spiro atoms. The Bertz CT molecular complexity index is 777. The number of aromatic carboxylic acids is 1. The minimum absolute atomic E-state index is 0.0925. The van der Waals surface area contributed by atoms with Crippen molar-refractivity contribution in [2.75, 3.05) is 0 Å². The fraction of sp³-hybridized carbons (Fsp3) is 0.0714. The maximum absolute atomic E-state index is 12.4. The largest absolute Gasteiger partial charge is 0.477 e. The number of benzene rings is 1. The smallest absolute Gasteiger partial charge is 0.416 e. The first-order valence-corrected chi connectivity index (χ1v) is 5.95. The molecule has 0 atom stereocenters. The molecule has 2 N–H and O–H groups in total. The van der Waals surface area contributed by atoms with Gasteiger partial charge in [-0.05, 0) is 23.8 Å². The van der Waals surface area contributed by atoms with Crippen LogP contribution in [0.1, 0.15) is 27.3 Å². The van der Waals surface area contributed by atoms with E-state index in [0.717, 1.165) is 18.3 Å². The van der Waals surface area contributed by atoms with Crippen molar-refractivity contribution in [2.24, 2.45) is 0 Å². The third-order valence-electron chi connectivity index (χ3n) is 2.72. The Hall–Kier alpha value is -2.90. The van der Waals surface area contributed by atoms with Crippen LogP contribution in [0.5, 0.6) is 0 Å². The van der Waals surface area contributed by atoms with Crippen molar-refractivity contribution in [3.63, 3.8) is 0 Å². The number of carboxylic acids is 1. The van der Waals surface area contributed by atoms with E-state index in [2.05, 4.69) is 9.97 Å². The minimum Gasteiger partial charge on any atom is -0.477 e. The molecule has 0 saturated heterocycles. The number of carboxylic acid groups (broad SMARTS) is 1. The predicted molar refractivity (Wildman–Crippen MR) is 72.2 cm³/mol. The Morgan fingerprint density at radius 1 is 1.18 bits per heavy atom. The van der Waals surface area contributed by atoms with Crippen LogP contribution >= 0.6 is 0 Å². The number of nitrogens with one attached hydrogen (secondary N) is 1. The van der Waals surface area contributed by atoms with E-state index in [4.69, 9.17) is 5.11 Å². The second-order valence-electron chi connectivity index (χ2n) is 4.27. The Balaban J connectivity index is 2.20. The summed E-state index contributed by atoms with van der Waals surface area (Å²) < 4.78 is 37.2. The normalized spacial score (nSPS) is 11.8. The van der Waals surface area contributed by atoms with Gasteiger partial charge in [0.05, 0.1) is 5.56 Å². The highest BCUT2D eigenvalue weighted by molar-refractivity contribution is 5.86. The summed E-state index contributed by atoms with van der Waals surface area (Å²) in [5.41, 5.74) is -1.60. The molecule has 114 valence electrons. The van der Waals surface area contributed by atoms with Crippen LogP contribution < -0.4 is 5.56 Å². The average molecular weight is 310 g/mol. The highest BCUT2D eigenvalue weighted by Crippen LogP contribution is 2.29. The number of H-pyrrole nitrogens is 1. The molecule has 8 heteroatoms. The Morgan fingerprint density at radius 3 is 2.32 bits per heavy atom. The van der Waals surface area contributed by atoms with Crippen LogP contribution in [0.3, 0.4) is 0 Å². The lowest BCUT2D eigenvalue weighted by molar-refractivity contribution is -0.137. The summed E-state index contributed by atoms with van der Waals surface area (Å²) in [4.78, 5) is 28.0. The fourth-order valence-corrected chi connectivity index (χ4v) is 1.60. The van der Waals surface area contributed by atoms with E-state index in [1.165, 1.54) is 24.3 Å². The van der Waals surface area contributed by atoms with Crippen LogP contribution in [0.2, 0.25) is 0 Å². The van der Waals surface area contributed by atoms with E-state index in [9.17, 15) is 22.8 Å². The minimum atomic E-state index is -4.40. The van der Waals surface area contributed by atoms with Crippen molar-refractivity contribution >= 4 is 18.1 Å². The van der Waals surface area contributed by atoms with Gasteiger partial charge >= 0.3 is 12.1 Å². The molecule has 2 aromatic rings. The molecule has 0 amide bonds. The van der Waals surface area contributed by atoms with Crippen LogP contribution in [0.25, 0.3) is 12.2 Å². The zero-order valence-electron chi connectivity index (χ0n) is 10.9.